The first-order valence-electron chi connectivity index (χ1n) is 13.4. The maximum Gasteiger partial charge on any atom is 0.291 e. The third kappa shape index (κ3) is 4.24. The summed E-state index contributed by atoms with van der Waals surface area (Å²) >= 11 is 0. The van der Waals surface area contributed by atoms with E-state index >= 15 is 0 Å². The zero-order valence-corrected chi connectivity index (χ0v) is 23.0. The molecule has 2 fully saturated rings. The van der Waals surface area contributed by atoms with Crippen molar-refractivity contribution in [3.8, 4) is 22.4 Å². The predicted octanol–water partition coefficient (Wildman–Crippen LogP) is 3.11. The summed E-state index contributed by atoms with van der Waals surface area (Å²) in [7, 11) is -3.74. The van der Waals surface area contributed by atoms with Gasteiger partial charge in [-0.25, -0.2) is 18.4 Å². The van der Waals surface area contributed by atoms with Crippen LogP contribution in [0.3, 0.4) is 0 Å². The number of benzene rings is 1. The standard InChI is InChI=1S/C28H27N9O3S/c1-41(39,40)24-23(18-12-19-9-10-20(13-18)36(19)28(38)26-31-15-32-35-26)34-27-21(14-33-37(27)25(24)29)16-5-7-17(8-6-16)22-4-2-3-11-30-22/h2-8,11,14-15,18-20H,9-10,12-13,29H2,1H3,(H,31,32,35). The highest BCUT2D eigenvalue weighted by Crippen LogP contribution is 2.45. The van der Waals surface area contributed by atoms with Gasteiger partial charge in [0, 0.05) is 41.6 Å². The van der Waals surface area contributed by atoms with Crippen LogP contribution in [-0.2, 0) is 9.84 Å². The van der Waals surface area contributed by atoms with Crippen LogP contribution in [0, 0.1) is 0 Å². The number of aromatic amines is 1. The number of carbonyl (C=O) groups is 1. The topological polar surface area (TPSA) is 165 Å². The van der Waals surface area contributed by atoms with Crippen molar-refractivity contribution in [1.29, 1.82) is 0 Å². The lowest BCUT2D eigenvalue weighted by molar-refractivity contribution is 0.0556. The minimum Gasteiger partial charge on any atom is -0.382 e. The highest BCUT2D eigenvalue weighted by Gasteiger charge is 2.46. The molecule has 3 N–H and O–H groups in total. The number of fused-ring (bicyclic) bond motifs is 3. The average Bonchev–Trinajstić information content (AvgIpc) is 3.71. The summed E-state index contributed by atoms with van der Waals surface area (Å²) in [5.74, 6) is -0.139. The second kappa shape index (κ2) is 9.47. The van der Waals surface area contributed by atoms with E-state index in [4.69, 9.17) is 10.7 Å². The molecule has 0 spiro atoms. The van der Waals surface area contributed by atoms with E-state index in [1.165, 1.54) is 10.8 Å². The Balaban J connectivity index is 1.29. The van der Waals surface area contributed by atoms with Crippen LogP contribution < -0.4 is 5.73 Å². The summed E-state index contributed by atoms with van der Waals surface area (Å²) in [6.45, 7) is 0. The fraction of sp³-hybridized carbons (Fsp3) is 0.286. The second-order valence-corrected chi connectivity index (χ2v) is 12.6. The maximum absolute atomic E-state index is 13.1. The summed E-state index contributed by atoms with van der Waals surface area (Å²) in [6.07, 6.45) is 8.68. The molecule has 41 heavy (non-hydrogen) atoms. The number of hydrogen-bond donors (Lipinski definition) is 2. The monoisotopic (exact) mass is 569 g/mol. The number of rotatable bonds is 5. The first-order valence-corrected chi connectivity index (χ1v) is 15.3. The Labute approximate surface area is 235 Å². The molecular formula is C28H27N9O3S. The minimum atomic E-state index is -3.74. The normalized spacial score (nSPS) is 20.5. The maximum atomic E-state index is 13.1. The quantitative estimate of drug-likeness (QED) is 0.323. The first kappa shape index (κ1) is 25.3. The molecule has 2 atom stereocenters. The van der Waals surface area contributed by atoms with E-state index < -0.39 is 9.84 Å². The SMILES string of the molecule is CS(=O)(=O)c1c(C2CC3CCC(C2)N3C(=O)c2ncn[nH]2)nc2c(-c3ccc(-c4ccccn4)cc3)cnn2c1N. The fourth-order valence-corrected chi connectivity index (χ4v) is 7.45. The summed E-state index contributed by atoms with van der Waals surface area (Å²) < 4.78 is 27.5. The molecule has 1 amide bonds. The first-order chi connectivity index (χ1) is 19.8. The zero-order chi connectivity index (χ0) is 28.3. The van der Waals surface area contributed by atoms with Gasteiger partial charge in [0.2, 0.25) is 5.82 Å². The van der Waals surface area contributed by atoms with Crippen molar-refractivity contribution in [2.45, 2.75) is 48.6 Å². The van der Waals surface area contributed by atoms with Gasteiger partial charge in [-0.3, -0.25) is 14.9 Å². The molecule has 5 aromatic rings. The fourth-order valence-electron chi connectivity index (χ4n) is 6.40. The van der Waals surface area contributed by atoms with Gasteiger partial charge < -0.3 is 10.6 Å². The molecule has 0 radical (unpaired) electrons. The van der Waals surface area contributed by atoms with Gasteiger partial charge in [-0.2, -0.15) is 14.7 Å². The molecule has 2 aliphatic rings. The van der Waals surface area contributed by atoms with E-state index in [1.807, 2.05) is 47.4 Å². The van der Waals surface area contributed by atoms with Gasteiger partial charge in [-0.05, 0) is 43.4 Å². The molecule has 0 saturated carbocycles. The van der Waals surface area contributed by atoms with Gasteiger partial charge >= 0.3 is 0 Å². The van der Waals surface area contributed by atoms with Gasteiger partial charge in [0.25, 0.3) is 5.91 Å². The number of nitrogen functional groups attached to an aromatic ring is 1. The molecule has 2 bridgehead atoms. The van der Waals surface area contributed by atoms with E-state index in [9.17, 15) is 13.2 Å². The number of hydrogen-bond acceptors (Lipinski definition) is 9. The highest BCUT2D eigenvalue weighted by atomic mass is 32.2. The van der Waals surface area contributed by atoms with Crippen LogP contribution in [0.2, 0.25) is 0 Å². The molecule has 13 heteroatoms. The number of carbonyl (C=O) groups excluding carboxylic acids is 1. The number of nitrogens with two attached hydrogens (primary N) is 1. The Hall–Kier alpha value is -4.65. The van der Waals surface area contributed by atoms with Gasteiger partial charge in [-0.15, -0.1) is 0 Å². The third-order valence-corrected chi connectivity index (χ3v) is 9.32. The predicted molar refractivity (Wildman–Crippen MR) is 151 cm³/mol. The molecule has 2 unspecified atom stereocenters. The van der Waals surface area contributed by atoms with E-state index in [0.717, 1.165) is 41.5 Å². The molecule has 6 heterocycles. The number of piperidine rings is 1. The van der Waals surface area contributed by atoms with Gasteiger partial charge in [-0.1, -0.05) is 30.3 Å². The van der Waals surface area contributed by atoms with Gasteiger partial charge in [0.05, 0.1) is 17.6 Å². The van der Waals surface area contributed by atoms with Crippen LogP contribution >= 0.6 is 0 Å². The van der Waals surface area contributed by atoms with Crippen LogP contribution in [-0.4, -0.2) is 72.3 Å². The Morgan fingerprint density at radius 3 is 2.39 bits per heavy atom. The molecule has 0 aliphatic carbocycles. The number of amides is 1. The molecule has 12 nitrogen and oxygen atoms in total. The average molecular weight is 570 g/mol. The van der Waals surface area contributed by atoms with Crippen molar-refractivity contribution in [3.63, 3.8) is 0 Å². The van der Waals surface area contributed by atoms with Crippen LogP contribution in [0.15, 0.2) is 66.1 Å². The van der Waals surface area contributed by atoms with E-state index in [2.05, 4.69) is 25.3 Å². The van der Waals surface area contributed by atoms with Crippen LogP contribution in [0.4, 0.5) is 5.82 Å². The van der Waals surface area contributed by atoms with Crippen molar-refractivity contribution in [2.24, 2.45) is 0 Å². The molecule has 7 rings (SSSR count). The van der Waals surface area contributed by atoms with Gasteiger partial charge in [0.15, 0.2) is 15.5 Å². The van der Waals surface area contributed by atoms with Crippen LogP contribution in [0.1, 0.15) is 47.9 Å². The summed E-state index contributed by atoms with van der Waals surface area (Å²) in [5, 5.41) is 10.9. The van der Waals surface area contributed by atoms with Crippen LogP contribution in [0.5, 0.6) is 0 Å². The van der Waals surface area contributed by atoms with E-state index in [0.29, 0.717) is 24.2 Å². The van der Waals surface area contributed by atoms with Crippen LogP contribution in [0.25, 0.3) is 28.0 Å². The number of sulfone groups is 1. The Morgan fingerprint density at radius 2 is 1.76 bits per heavy atom. The van der Waals surface area contributed by atoms with Crippen molar-refractivity contribution in [3.05, 3.63) is 72.7 Å². The number of anilines is 1. The minimum absolute atomic E-state index is 0.00422. The third-order valence-electron chi connectivity index (χ3n) is 8.16. The van der Waals surface area contributed by atoms with Crippen molar-refractivity contribution < 1.29 is 13.2 Å². The van der Waals surface area contributed by atoms with Crippen molar-refractivity contribution in [1.82, 2.24) is 39.7 Å². The smallest absolute Gasteiger partial charge is 0.291 e. The number of pyridine rings is 1. The second-order valence-electron chi connectivity index (χ2n) is 10.7. The molecule has 208 valence electrons. The molecular weight excluding hydrogens is 542 g/mol. The highest BCUT2D eigenvalue weighted by molar-refractivity contribution is 7.91. The zero-order valence-electron chi connectivity index (χ0n) is 22.2. The Morgan fingerprint density at radius 1 is 1.02 bits per heavy atom. The lowest BCUT2D eigenvalue weighted by Crippen LogP contribution is -2.46. The Bertz CT molecular complexity index is 1860. The number of nitrogens with zero attached hydrogens (tertiary/aromatic N) is 7. The largest absolute Gasteiger partial charge is 0.382 e. The molecule has 2 aliphatic heterocycles. The van der Waals surface area contributed by atoms with E-state index in [1.54, 1.807) is 12.4 Å². The lowest BCUT2D eigenvalue weighted by Gasteiger charge is -2.38. The lowest BCUT2D eigenvalue weighted by atomic mass is 9.87. The van der Waals surface area contributed by atoms with Gasteiger partial charge in [0.1, 0.15) is 17.0 Å². The summed E-state index contributed by atoms with van der Waals surface area (Å²) in [5.41, 5.74) is 10.9. The van der Waals surface area contributed by atoms with Crippen molar-refractivity contribution >= 4 is 27.2 Å². The molecule has 1 aromatic carbocycles. The summed E-state index contributed by atoms with van der Waals surface area (Å²) in [6, 6.07) is 13.5. The van der Waals surface area contributed by atoms with Crippen molar-refractivity contribution in [2.75, 3.05) is 12.0 Å². The number of nitrogens with one attached hydrogen (secondary N) is 1. The molecule has 2 saturated heterocycles. The Kier molecular flexibility index (Phi) is 5.85. The summed E-state index contributed by atoms with van der Waals surface area (Å²) in [4.78, 5) is 28.4. The van der Waals surface area contributed by atoms with E-state index in [-0.39, 0.29) is 40.4 Å². The number of aromatic nitrogens is 7. The molecule has 4 aromatic heterocycles. The number of H-pyrrole nitrogens is 1.